The molecule has 0 aromatic heterocycles. The van der Waals surface area contributed by atoms with Crippen molar-refractivity contribution in [1.82, 2.24) is 4.90 Å². The molecule has 2 nitrogen and oxygen atoms in total. The number of nitrogens with two attached hydrogens (primary N) is 1. The molecule has 0 aliphatic carbocycles. The quantitative estimate of drug-likeness (QED) is 0.656. The van der Waals surface area contributed by atoms with E-state index in [1.807, 2.05) is 7.05 Å². The van der Waals surface area contributed by atoms with Gasteiger partial charge in [-0.15, -0.1) is 0 Å². The Morgan fingerprint density at radius 1 is 1.73 bits per heavy atom. The van der Waals surface area contributed by atoms with Crippen molar-refractivity contribution in [3.63, 3.8) is 0 Å². The van der Waals surface area contributed by atoms with Crippen molar-refractivity contribution in [2.45, 2.75) is 19.0 Å². The van der Waals surface area contributed by atoms with Crippen molar-refractivity contribution in [2.24, 2.45) is 11.7 Å². The minimum absolute atomic E-state index is 0.239. The Morgan fingerprint density at radius 2 is 2.45 bits per heavy atom. The molecule has 1 aliphatic rings. The van der Waals surface area contributed by atoms with Crippen molar-refractivity contribution in [2.75, 3.05) is 26.7 Å². The minimum atomic E-state index is -0.676. The molecule has 0 saturated carbocycles. The van der Waals surface area contributed by atoms with Crippen LogP contribution >= 0.6 is 0 Å². The van der Waals surface area contributed by atoms with Crippen molar-refractivity contribution in [3.8, 4) is 0 Å². The van der Waals surface area contributed by atoms with Crippen LogP contribution in [0.25, 0.3) is 0 Å². The van der Waals surface area contributed by atoms with Crippen LogP contribution in [0.4, 0.5) is 4.39 Å². The van der Waals surface area contributed by atoms with Gasteiger partial charge in [0.1, 0.15) is 6.17 Å². The van der Waals surface area contributed by atoms with E-state index >= 15 is 0 Å². The number of rotatable bonds is 3. The van der Waals surface area contributed by atoms with Crippen LogP contribution in [0.3, 0.4) is 0 Å². The summed E-state index contributed by atoms with van der Waals surface area (Å²) in [7, 11) is 2.04. The zero-order chi connectivity index (χ0) is 8.27. The Kier molecular flexibility index (Phi) is 3.27. The van der Waals surface area contributed by atoms with Gasteiger partial charge in [0.25, 0.3) is 0 Å². The Morgan fingerprint density at radius 3 is 2.91 bits per heavy atom. The van der Waals surface area contributed by atoms with Crippen LogP contribution in [0.2, 0.25) is 0 Å². The third-order valence-electron chi connectivity index (χ3n) is 2.38. The third kappa shape index (κ3) is 2.42. The number of hydrogen-bond acceptors (Lipinski definition) is 2. The number of hydrogen-bond donors (Lipinski definition) is 1. The van der Waals surface area contributed by atoms with Crippen LogP contribution < -0.4 is 5.73 Å². The van der Waals surface area contributed by atoms with E-state index in [0.29, 0.717) is 13.0 Å². The second kappa shape index (κ2) is 4.02. The van der Waals surface area contributed by atoms with Gasteiger partial charge < -0.3 is 10.6 Å². The van der Waals surface area contributed by atoms with Gasteiger partial charge in [0.05, 0.1) is 0 Å². The van der Waals surface area contributed by atoms with Gasteiger partial charge in [0.2, 0.25) is 0 Å². The topological polar surface area (TPSA) is 29.3 Å². The molecule has 1 aliphatic heterocycles. The van der Waals surface area contributed by atoms with E-state index < -0.39 is 6.17 Å². The Bertz CT molecular complexity index is 119. The maximum absolute atomic E-state index is 13.2. The molecule has 1 rings (SSSR count). The van der Waals surface area contributed by atoms with Gasteiger partial charge in [-0.3, -0.25) is 0 Å². The number of alkyl halides is 1. The van der Waals surface area contributed by atoms with Gasteiger partial charge >= 0.3 is 0 Å². The molecule has 2 atom stereocenters. The first-order valence-electron chi connectivity index (χ1n) is 4.26. The standard InChI is InChI=1S/C8H17FN2/c1-11-5-3-7(6-11)8(9)2-4-10/h7-8H,2-6,10H2,1H3. The van der Waals surface area contributed by atoms with Crippen LogP contribution in [-0.4, -0.2) is 37.8 Å². The predicted molar refractivity (Wildman–Crippen MR) is 44.2 cm³/mol. The van der Waals surface area contributed by atoms with Crippen molar-refractivity contribution < 1.29 is 4.39 Å². The maximum atomic E-state index is 13.2. The molecular formula is C8H17FN2. The van der Waals surface area contributed by atoms with Crippen LogP contribution in [0.5, 0.6) is 0 Å². The second-order valence-corrected chi connectivity index (χ2v) is 3.40. The molecule has 66 valence electrons. The summed E-state index contributed by atoms with van der Waals surface area (Å²) in [6, 6.07) is 0. The lowest BCUT2D eigenvalue weighted by atomic mass is 10.0. The van der Waals surface area contributed by atoms with Crippen molar-refractivity contribution in [3.05, 3.63) is 0 Å². The summed E-state index contributed by atoms with van der Waals surface area (Å²) in [6.45, 7) is 2.41. The van der Waals surface area contributed by atoms with E-state index in [4.69, 9.17) is 5.73 Å². The van der Waals surface area contributed by atoms with E-state index in [1.165, 1.54) is 0 Å². The first kappa shape index (κ1) is 8.94. The fourth-order valence-electron chi connectivity index (χ4n) is 1.66. The highest BCUT2D eigenvalue weighted by Crippen LogP contribution is 2.22. The molecule has 0 bridgehead atoms. The summed E-state index contributed by atoms with van der Waals surface area (Å²) in [5.41, 5.74) is 5.28. The predicted octanol–water partition coefficient (Wildman–Crippen LogP) is 0.625. The van der Waals surface area contributed by atoms with E-state index in [2.05, 4.69) is 4.90 Å². The van der Waals surface area contributed by atoms with Gasteiger partial charge in [0, 0.05) is 12.5 Å². The van der Waals surface area contributed by atoms with Crippen LogP contribution in [0.1, 0.15) is 12.8 Å². The largest absolute Gasteiger partial charge is 0.330 e. The fraction of sp³-hybridized carbons (Fsp3) is 1.00. The zero-order valence-electron chi connectivity index (χ0n) is 7.09. The molecule has 2 N–H and O–H groups in total. The van der Waals surface area contributed by atoms with Gasteiger partial charge in [-0.2, -0.15) is 0 Å². The van der Waals surface area contributed by atoms with Crippen LogP contribution in [0, 0.1) is 5.92 Å². The zero-order valence-corrected chi connectivity index (χ0v) is 7.09. The first-order chi connectivity index (χ1) is 5.24. The summed E-state index contributed by atoms with van der Waals surface area (Å²) in [5, 5.41) is 0. The van der Waals surface area contributed by atoms with Gasteiger partial charge in [0.15, 0.2) is 0 Å². The maximum Gasteiger partial charge on any atom is 0.105 e. The van der Waals surface area contributed by atoms with Crippen molar-refractivity contribution in [1.29, 1.82) is 0 Å². The molecule has 2 unspecified atom stereocenters. The van der Waals surface area contributed by atoms with Gasteiger partial charge in [-0.1, -0.05) is 0 Å². The SMILES string of the molecule is CN1CCC(C(F)CCN)C1. The molecule has 0 aromatic carbocycles. The molecule has 0 spiro atoms. The lowest BCUT2D eigenvalue weighted by Gasteiger charge is -2.14. The number of halogens is 1. The molecule has 3 heteroatoms. The molecular weight excluding hydrogens is 143 g/mol. The Labute approximate surface area is 67.6 Å². The highest BCUT2D eigenvalue weighted by atomic mass is 19.1. The molecule has 11 heavy (non-hydrogen) atoms. The van der Waals surface area contributed by atoms with Crippen molar-refractivity contribution >= 4 is 0 Å². The number of likely N-dealkylation sites (tertiary alicyclic amines) is 1. The summed E-state index contributed by atoms with van der Waals surface area (Å²) in [4.78, 5) is 2.17. The third-order valence-corrected chi connectivity index (χ3v) is 2.38. The summed E-state index contributed by atoms with van der Waals surface area (Å²) in [6.07, 6.45) is 0.848. The Hall–Kier alpha value is -0.150. The highest BCUT2D eigenvalue weighted by Gasteiger charge is 2.26. The smallest absolute Gasteiger partial charge is 0.105 e. The normalized spacial score (nSPS) is 29.2. The minimum Gasteiger partial charge on any atom is -0.330 e. The van der Waals surface area contributed by atoms with Gasteiger partial charge in [-0.05, 0) is 33.0 Å². The van der Waals surface area contributed by atoms with E-state index in [9.17, 15) is 4.39 Å². The molecule has 0 radical (unpaired) electrons. The second-order valence-electron chi connectivity index (χ2n) is 3.40. The summed E-state index contributed by atoms with van der Waals surface area (Å²) in [5.74, 6) is 0.239. The first-order valence-corrected chi connectivity index (χ1v) is 4.26. The monoisotopic (exact) mass is 160 g/mol. The molecule has 1 saturated heterocycles. The lowest BCUT2D eigenvalue weighted by Crippen LogP contribution is -2.22. The highest BCUT2D eigenvalue weighted by molar-refractivity contribution is 4.79. The van der Waals surface area contributed by atoms with Gasteiger partial charge in [-0.25, -0.2) is 4.39 Å². The van der Waals surface area contributed by atoms with E-state index in [-0.39, 0.29) is 5.92 Å². The average Bonchev–Trinajstić information content (AvgIpc) is 2.36. The summed E-state index contributed by atoms with van der Waals surface area (Å²) < 4.78 is 13.2. The molecule has 0 aromatic rings. The molecule has 0 amide bonds. The lowest BCUT2D eigenvalue weighted by molar-refractivity contribution is 0.218. The molecule has 1 fully saturated rings. The summed E-state index contributed by atoms with van der Waals surface area (Å²) >= 11 is 0. The Balaban J connectivity index is 2.25. The van der Waals surface area contributed by atoms with E-state index in [1.54, 1.807) is 0 Å². The molecule has 1 heterocycles. The van der Waals surface area contributed by atoms with Crippen LogP contribution in [-0.2, 0) is 0 Å². The average molecular weight is 160 g/mol. The van der Waals surface area contributed by atoms with Crippen LogP contribution in [0.15, 0.2) is 0 Å². The number of nitrogens with zero attached hydrogens (tertiary/aromatic N) is 1. The fourth-order valence-corrected chi connectivity index (χ4v) is 1.66. The van der Waals surface area contributed by atoms with E-state index in [0.717, 1.165) is 19.5 Å².